The number of nitrogens with zero attached hydrogens (tertiary/aromatic N) is 1. The zero-order chi connectivity index (χ0) is 16.0. The van der Waals surface area contributed by atoms with Crippen LogP contribution in [0.5, 0.6) is 0 Å². The number of fused-ring (bicyclic) bond motifs is 1. The van der Waals surface area contributed by atoms with Crippen molar-refractivity contribution in [1.82, 2.24) is 0 Å². The fourth-order valence-electron chi connectivity index (χ4n) is 3.19. The summed E-state index contributed by atoms with van der Waals surface area (Å²) in [5.74, 6) is -0.0969. The summed E-state index contributed by atoms with van der Waals surface area (Å²) in [6.07, 6.45) is 2.08. The molecule has 112 valence electrons. The smallest absolute Gasteiger partial charge is 0.206 e. The Labute approximate surface area is 131 Å². The van der Waals surface area contributed by atoms with E-state index in [1.54, 1.807) is 0 Å². The van der Waals surface area contributed by atoms with Crippen LogP contribution in [0.3, 0.4) is 0 Å². The Kier molecular flexibility index (Phi) is 3.48. The molecule has 3 aromatic rings. The zero-order valence-corrected chi connectivity index (χ0v) is 13.8. The first kappa shape index (κ1) is 14.7. The Hall–Kier alpha value is -2.22. The highest BCUT2D eigenvalue weighted by atomic mass is 19.1. The number of hydrogen-bond donors (Lipinski definition) is 0. The topological polar surface area (TPSA) is 3.88 Å². The molecule has 0 amide bonds. The van der Waals surface area contributed by atoms with E-state index in [9.17, 15) is 4.39 Å². The molecule has 0 atom stereocenters. The monoisotopic (exact) mass is 294 g/mol. The highest BCUT2D eigenvalue weighted by Crippen LogP contribution is 2.32. The van der Waals surface area contributed by atoms with Gasteiger partial charge in [0, 0.05) is 6.07 Å². The van der Waals surface area contributed by atoms with Crippen LogP contribution in [0.15, 0.2) is 36.5 Å². The van der Waals surface area contributed by atoms with Gasteiger partial charge in [0.1, 0.15) is 12.9 Å². The minimum atomic E-state index is -0.0969. The van der Waals surface area contributed by atoms with Crippen LogP contribution >= 0.6 is 0 Å². The average molecular weight is 294 g/mol. The average Bonchev–Trinajstić information content (AvgIpc) is 2.49. The first-order chi connectivity index (χ1) is 10.4. The molecule has 0 aliphatic carbocycles. The summed E-state index contributed by atoms with van der Waals surface area (Å²) in [7, 11) is 2.05. The molecule has 1 heterocycles. The van der Waals surface area contributed by atoms with Crippen LogP contribution in [0.2, 0.25) is 0 Å². The molecule has 0 saturated heterocycles. The second-order valence-electron chi connectivity index (χ2n) is 6.12. The van der Waals surface area contributed by atoms with E-state index in [-0.39, 0.29) is 5.82 Å². The third-order valence-electron chi connectivity index (χ3n) is 4.65. The molecule has 0 fully saturated rings. The van der Waals surface area contributed by atoms with Crippen LogP contribution in [-0.4, -0.2) is 0 Å². The summed E-state index contributed by atoms with van der Waals surface area (Å²) in [6, 6.07) is 10.5. The summed E-state index contributed by atoms with van der Waals surface area (Å²) in [6.45, 7) is 7.82. The lowest BCUT2D eigenvalue weighted by Crippen LogP contribution is -2.31. The standard InChI is InChI=1S/C20H21FN/c1-12-7-6-8-17-16(12)9-10-22(5)20(17)18-11-13(2)19(21)15(4)14(18)3/h6-11H,1-5H3/q+1. The SMILES string of the molecule is Cc1cc(-c2c3cccc(C)c3cc[n+]2C)c(C)c(C)c1F. The van der Waals surface area contributed by atoms with E-state index in [2.05, 4.69) is 42.0 Å². The van der Waals surface area contributed by atoms with Crippen LogP contribution < -0.4 is 4.57 Å². The van der Waals surface area contributed by atoms with Gasteiger partial charge in [-0.3, -0.25) is 0 Å². The van der Waals surface area contributed by atoms with Crippen LogP contribution in [0.25, 0.3) is 22.0 Å². The summed E-state index contributed by atoms with van der Waals surface area (Å²) in [4.78, 5) is 0. The maximum atomic E-state index is 14.2. The van der Waals surface area contributed by atoms with Crippen molar-refractivity contribution in [2.45, 2.75) is 27.7 Å². The number of hydrogen-bond acceptors (Lipinski definition) is 0. The van der Waals surface area contributed by atoms with Crippen molar-refractivity contribution in [3.63, 3.8) is 0 Å². The molecule has 0 aliphatic rings. The van der Waals surface area contributed by atoms with Crippen molar-refractivity contribution in [3.8, 4) is 11.3 Å². The largest absolute Gasteiger partial charge is 0.220 e. The minimum Gasteiger partial charge on any atom is -0.206 e. The van der Waals surface area contributed by atoms with E-state index in [0.717, 1.165) is 22.4 Å². The van der Waals surface area contributed by atoms with E-state index in [4.69, 9.17) is 0 Å². The Morgan fingerprint density at radius 2 is 1.59 bits per heavy atom. The molecule has 0 N–H and O–H groups in total. The molecule has 0 radical (unpaired) electrons. The number of aryl methyl sites for hydroxylation is 3. The summed E-state index contributed by atoms with van der Waals surface area (Å²) in [5, 5.41) is 2.45. The number of rotatable bonds is 1. The fourth-order valence-corrected chi connectivity index (χ4v) is 3.19. The molecule has 0 unspecified atom stereocenters. The van der Waals surface area contributed by atoms with E-state index in [1.165, 1.54) is 16.3 Å². The molecular formula is C20H21FN+. The molecule has 0 spiro atoms. The predicted molar refractivity (Wildman–Crippen MR) is 89.5 cm³/mol. The lowest BCUT2D eigenvalue weighted by molar-refractivity contribution is -0.659. The van der Waals surface area contributed by atoms with Gasteiger partial charge in [-0.1, -0.05) is 12.1 Å². The molecule has 0 bridgehead atoms. The number of benzene rings is 2. The molecule has 22 heavy (non-hydrogen) atoms. The third-order valence-corrected chi connectivity index (χ3v) is 4.65. The minimum absolute atomic E-state index is 0.0969. The van der Waals surface area contributed by atoms with Crippen LogP contribution in [0.1, 0.15) is 22.3 Å². The van der Waals surface area contributed by atoms with E-state index in [0.29, 0.717) is 5.56 Å². The van der Waals surface area contributed by atoms with Gasteiger partial charge in [-0.05, 0) is 67.5 Å². The van der Waals surface area contributed by atoms with Crippen molar-refractivity contribution < 1.29 is 8.96 Å². The van der Waals surface area contributed by atoms with Gasteiger partial charge in [0.2, 0.25) is 5.69 Å². The zero-order valence-electron chi connectivity index (χ0n) is 13.8. The molecular weight excluding hydrogens is 273 g/mol. The first-order valence-electron chi connectivity index (χ1n) is 7.56. The molecule has 0 aliphatic heterocycles. The molecule has 2 heteroatoms. The Morgan fingerprint density at radius 1 is 0.864 bits per heavy atom. The second kappa shape index (κ2) is 5.20. The Bertz CT molecular complexity index is 894. The molecule has 3 rings (SSSR count). The summed E-state index contributed by atoms with van der Waals surface area (Å²) >= 11 is 0. The Balaban J connectivity index is 2.46. The van der Waals surface area contributed by atoms with E-state index in [1.807, 2.05) is 33.9 Å². The lowest BCUT2D eigenvalue weighted by Gasteiger charge is -2.13. The predicted octanol–water partition coefficient (Wildman–Crippen LogP) is 4.70. The molecule has 2 aromatic carbocycles. The second-order valence-corrected chi connectivity index (χ2v) is 6.12. The normalized spacial score (nSPS) is 11.2. The maximum absolute atomic E-state index is 14.2. The Morgan fingerprint density at radius 3 is 2.32 bits per heavy atom. The number of pyridine rings is 1. The summed E-state index contributed by atoms with van der Waals surface area (Å²) < 4.78 is 16.3. The quantitative estimate of drug-likeness (QED) is 0.573. The van der Waals surface area contributed by atoms with Gasteiger partial charge in [-0.15, -0.1) is 0 Å². The van der Waals surface area contributed by atoms with Gasteiger partial charge in [-0.25, -0.2) is 8.96 Å². The molecule has 1 aromatic heterocycles. The van der Waals surface area contributed by atoms with Gasteiger partial charge in [-0.2, -0.15) is 0 Å². The van der Waals surface area contributed by atoms with Crippen LogP contribution in [0, 0.1) is 33.5 Å². The highest BCUT2D eigenvalue weighted by molar-refractivity contribution is 5.95. The van der Waals surface area contributed by atoms with Gasteiger partial charge >= 0.3 is 0 Å². The number of aromatic nitrogens is 1. The van der Waals surface area contributed by atoms with Gasteiger partial charge in [0.05, 0.1) is 10.9 Å². The van der Waals surface area contributed by atoms with Gasteiger partial charge in [0.25, 0.3) is 0 Å². The first-order valence-corrected chi connectivity index (χ1v) is 7.56. The summed E-state index contributed by atoms with van der Waals surface area (Å²) in [5.41, 5.74) is 5.95. The van der Waals surface area contributed by atoms with E-state index < -0.39 is 0 Å². The molecule has 1 nitrogen and oxygen atoms in total. The van der Waals surface area contributed by atoms with Crippen molar-refractivity contribution in [2.24, 2.45) is 7.05 Å². The van der Waals surface area contributed by atoms with Crippen molar-refractivity contribution >= 4 is 10.8 Å². The van der Waals surface area contributed by atoms with Crippen molar-refractivity contribution in [3.05, 3.63) is 64.6 Å². The van der Waals surface area contributed by atoms with E-state index >= 15 is 0 Å². The van der Waals surface area contributed by atoms with Gasteiger partial charge in [0.15, 0.2) is 6.20 Å². The van der Waals surface area contributed by atoms with Gasteiger partial charge < -0.3 is 0 Å². The maximum Gasteiger partial charge on any atom is 0.220 e. The fraction of sp³-hybridized carbons (Fsp3) is 0.250. The van der Waals surface area contributed by atoms with Crippen LogP contribution in [-0.2, 0) is 7.05 Å². The number of halogens is 1. The van der Waals surface area contributed by atoms with Crippen molar-refractivity contribution in [2.75, 3.05) is 0 Å². The lowest BCUT2D eigenvalue weighted by atomic mass is 9.93. The molecule has 0 saturated carbocycles. The van der Waals surface area contributed by atoms with Crippen molar-refractivity contribution in [1.29, 1.82) is 0 Å². The van der Waals surface area contributed by atoms with Crippen LogP contribution in [0.4, 0.5) is 4.39 Å². The third kappa shape index (κ3) is 2.10. The highest BCUT2D eigenvalue weighted by Gasteiger charge is 2.20.